The molecule has 2 heteroatoms. The molecule has 1 aromatic rings. The quantitative estimate of drug-likeness (QED) is 0.567. The SMILES string of the molecule is C/C=C\c1cc(C(C)C)ccc1NN. The standard InChI is InChI=1S/C12H18N2/c1-4-5-11-8-10(9(2)3)6-7-12(11)14-13/h4-9,14H,13H2,1-3H3/b5-4-. The molecule has 1 rings (SSSR count). The van der Waals surface area contributed by atoms with E-state index in [4.69, 9.17) is 5.84 Å². The minimum Gasteiger partial charge on any atom is -0.324 e. The Morgan fingerprint density at radius 2 is 2.07 bits per heavy atom. The molecule has 2 nitrogen and oxygen atoms in total. The lowest BCUT2D eigenvalue weighted by Crippen LogP contribution is -2.08. The van der Waals surface area contributed by atoms with Crippen molar-refractivity contribution in [2.45, 2.75) is 26.7 Å². The summed E-state index contributed by atoms with van der Waals surface area (Å²) in [5.41, 5.74) is 6.13. The van der Waals surface area contributed by atoms with Crippen LogP contribution >= 0.6 is 0 Å². The van der Waals surface area contributed by atoms with E-state index in [1.54, 1.807) is 0 Å². The topological polar surface area (TPSA) is 38.0 Å². The molecule has 0 heterocycles. The molecule has 0 saturated carbocycles. The Kier molecular flexibility index (Phi) is 3.72. The summed E-state index contributed by atoms with van der Waals surface area (Å²) >= 11 is 0. The van der Waals surface area contributed by atoms with Crippen molar-refractivity contribution in [3.63, 3.8) is 0 Å². The van der Waals surface area contributed by atoms with Crippen LogP contribution in [0, 0.1) is 0 Å². The maximum absolute atomic E-state index is 5.42. The monoisotopic (exact) mass is 190 g/mol. The molecule has 0 saturated heterocycles. The molecule has 14 heavy (non-hydrogen) atoms. The highest BCUT2D eigenvalue weighted by Gasteiger charge is 2.02. The van der Waals surface area contributed by atoms with Gasteiger partial charge in [-0.05, 0) is 36.1 Å². The zero-order valence-corrected chi connectivity index (χ0v) is 9.04. The molecular formula is C12H18N2. The molecule has 0 aromatic heterocycles. The number of nitrogen functional groups attached to an aromatic ring is 1. The second-order valence-electron chi connectivity index (χ2n) is 3.65. The molecule has 0 atom stereocenters. The highest BCUT2D eigenvalue weighted by molar-refractivity contribution is 5.67. The number of rotatable bonds is 3. The lowest BCUT2D eigenvalue weighted by Gasteiger charge is -2.10. The summed E-state index contributed by atoms with van der Waals surface area (Å²) in [6, 6.07) is 6.29. The average molecular weight is 190 g/mol. The van der Waals surface area contributed by atoms with Crippen LogP contribution in [0.4, 0.5) is 5.69 Å². The highest BCUT2D eigenvalue weighted by atomic mass is 15.2. The molecule has 0 spiro atoms. The Labute approximate surface area is 85.8 Å². The first-order chi connectivity index (χ1) is 6.69. The molecular weight excluding hydrogens is 172 g/mol. The molecule has 0 unspecified atom stereocenters. The van der Waals surface area contributed by atoms with E-state index in [0.29, 0.717) is 5.92 Å². The van der Waals surface area contributed by atoms with Crippen LogP contribution in [0.5, 0.6) is 0 Å². The van der Waals surface area contributed by atoms with Gasteiger partial charge in [0.2, 0.25) is 0 Å². The zero-order valence-electron chi connectivity index (χ0n) is 9.04. The van der Waals surface area contributed by atoms with Gasteiger partial charge in [0.1, 0.15) is 0 Å². The summed E-state index contributed by atoms with van der Waals surface area (Å²) in [6.45, 7) is 6.37. The lowest BCUT2D eigenvalue weighted by atomic mass is 9.99. The maximum Gasteiger partial charge on any atom is 0.0557 e. The average Bonchev–Trinajstić information content (AvgIpc) is 2.18. The second-order valence-corrected chi connectivity index (χ2v) is 3.65. The summed E-state index contributed by atoms with van der Waals surface area (Å²) in [5.74, 6) is 5.97. The van der Waals surface area contributed by atoms with Crippen molar-refractivity contribution >= 4 is 11.8 Å². The third-order valence-electron chi connectivity index (χ3n) is 2.24. The van der Waals surface area contributed by atoms with Gasteiger partial charge in [0.15, 0.2) is 0 Å². The molecule has 0 bridgehead atoms. The lowest BCUT2D eigenvalue weighted by molar-refractivity contribution is 0.866. The highest BCUT2D eigenvalue weighted by Crippen LogP contribution is 2.22. The van der Waals surface area contributed by atoms with Crippen molar-refractivity contribution in [1.29, 1.82) is 0 Å². The van der Waals surface area contributed by atoms with Gasteiger partial charge in [-0.3, -0.25) is 5.84 Å². The summed E-state index contributed by atoms with van der Waals surface area (Å²) < 4.78 is 0. The van der Waals surface area contributed by atoms with Crippen molar-refractivity contribution in [3.8, 4) is 0 Å². The first-order valence-corrected chi connectivity index (χ1v) is 4.92. The van der Waals surface area contributed by atoms with Gasteiger partial charge >= 0.3 is 0 Å². The Balaban J connectivity index is 3.13. The Morgan fingerprint density at radius 3 is 2.57 bits per heavy atom. The van der Waals surface area contributed by atoms with Crippen LogP contribution in [0.25, 0.3) is 6.08 Å². The second kappa shape index (κ2) is 4.82. The summed E-state index contributed by atoms with van der Waals surface area (Å²) in [4.78, 5) is 0. The predicted molar refractivity (Wildman–Crippen MR) is 63.0 cm³/mol. The van der Waals surface area contributed by atoms with E-state index in [9.17, 15) is 0 Å². The molecule has 0 radical (unpaired) electrons. The number of nitrogens with one attached hydrogen (secondary N) is 1. The van der Waals surface area contributed by atoms with Crippen LogP contribution in [-0.4, -0.2) is 0 Å². The molecule has 76 valence electrons. The molecule has 0 aliphatic carbocycles. The first-order valence-electron chi connectivity index (χ1n) is 4.92. The third-order valence-corrected chi connectivity index (χ3v) is 2.24. The molecule has 1 aromatic carbocycles. The minimum absolute atomic E-state index is 0.547. The number of hydrazine groups is 1. The van der Waals surface area contributed by atoms with Gasteiger partial charge in [-0.1, -0.05) is 32.1 Å². The molecule has 0 aliphatic heterocycles. The van der Waals surface area contributed by atoms with Crippen LogP contribution < -0.4 is 11.3 Å². The number of benzene rings is 1. The first kappa shape index (κ1) is 10.8. The number of nitrogens with two attached hydrogens (primary N) is 1. The zero-order chi connectivity index (χ0) is 10.6. The normalized spacial score (nSPS) is 11.2. The molecule has 0 fully saturated rings. The van der Waals surface area contributed by atoms with Crippen LogP contribution in [0.1, 0.15) is 37.8 Å². The van der Waals surface area contributed by atoms with Crippen LogP contribution in [0.3, 0.4) is 0 Å². The van der Waals surface area contributed by atoms with Crippen molar-refractivity contribution in [2.75, 3.05) is 5.43 Å². The Bertz CT molecular complexity index is 327. The fourth-order valence-corrected chi connectivity index (χ4v) is 1.39. The van der Waals surface area contributed by atoms with E-state index in [0.717, 1.165) is 11.3 Å². The minimum atomic E-state index is 0.547. The van der Waals surface area contributed by atoms with Crippen LogP contribution in [0.15, 0.2) is 24.3 Å². The van der Waals surface area contributed by atoms with E-state index >= 15 is 0 Å². The fourth-order valence-electron chi connectivity index (χ4n) is 1.39. The van der Waals surface area contributed by atoms with Gasteiger partial charge in [0.05, 0.1) is 5.69 Å². The smallest absolute Gasteiger partial charge is 0.0557 e. The third kappa shape index (κ3) is 2.36. The predicted octanol–water partition coefficient (Wildman–Crippen LogP) is 3.13. The van der Waals surface area contributed by atoms with E-state index in [-0.39, 0.29) is 0 Å². The van der Waals surface area contributed by atoms with Crippen molar-refractivity contribution in [1.82, 2.24) is 0 Å². The van der Waals surface area contributed by atoms with E-state index in [2.05, 4.69) is 37.5 Å². The van der Waals surface area contributed by atoms with E-state index < -0.39 is 0 Å². The van der Waals surface area contributed by atoms with Gasteiger partial charge < -0.3 is 5.43 Å². The van der Waals surface area contributed by atoms with Gasteiger partial charge in [0.25, 0.3) is 0 Å². The largest absolute Gasteiger partial charge is 0.324 e. The molecule has 0 amide bonds. The summed E-state index contributed by atoms with van der Waals surface area (Å²) in [6.07, 6.45) is 4.07. The number of hydrogen-bond donors (Lipinski definition) is 2. The maximum atomic E-state index is 5.42. The number of hydrogen-bond acceptors (Lipinski definition) is 2. The molecule has 0 aliphatic rings. The van der Waals surface area contributed by atoms with Gasteiger partial charge in [0, 0.05) is 0 Å². The fraction of sp³-hybridized carbons (Fsp3) is 0.333. The van der Waals surface area contributed by atoms with E-state index in [1.807, 2.05) is 19.1 Å². The van der Waals surface area contributed by atoms with Crippen molar-refractivity contribution < 1.29 is 0 Å². The summed E-state index contributed by atoms with van der Waals surface area (Å²) in [7, 11) is 0. The Hall–Kier alpha value is -1.28. The van der Waals surface area contributed by atoms with E-state index in [1.165, 1.54) is 5.56 Å². The molecule has 3 N–H and O–H groups in total. The van der Waals surface area contributed by atoms with Gasteiger partial charge in [-0.25, -0.2) is 0 Å². The Morgan fingerprint density at radius 1 is 1.36 bits per heavy atom. The van der Waals surface area contributed by atoms with Gasteiger partial charge in [-0.2, -0.15) is 0 Å². The summed E-state index contributed by atoms with van der Waals surface area (Å²) in [5, 5.41) is 0. The number of allylic oxidation sites excluding steroid dienone is 1. The van der Waals surface area contributed by atoms with Crippen LogP contribution in [0.2, 0.25) is 0 Å². The van der Waals surface area contributed by atoms with Gasteiger partial charge in [-0.15, -0.1) is 0 Å². The van der Waals surface area contributed by atoms with Crippen molar-refractivity contribution in [3.05, 3.63) is 35.4 Å². The van der Waals surface area contributed by atoms with Crippen molar-refractivity contribution in [2.24, 2.45) is 5.84 Å². The van der Waals surface area contributed by atoms with Crippen LogP contribution in [-0.2, 0) is 0 Å². The number of anilines is 1.